The molecule has 1 aromatic heterocycles. The van der Waals surface area contributed by atoms with Crippen molar-refractivity contribution in [1.29, 1.82) is 0 Å². The first kappa shape index (κ1) is 16.1. The fourth-order valence-corrected chi connectivity index (χ4v) is 2.57. The summed E-state index contributed by atoms with van der Waals surface area (Å²) in [5, 5.41) is 0. The van der Waals surface area contributed by atoms with Gasteiger partial charge in [0, 0.05) is 18.9 Å². The Bertz CT molecular complexity index is 801. The molecule has 0 fully saturated rings. The zero-order valence-corrected chi connectivity index (χ0v) is 14.1. The molecule has 0 atom stereocenters. The Morgan fingerprint density at radius 3 is 2.50 bits per heavy atom. The average Bonchev–Trinajstić information content (AvgIpc) is 3.00. The second-order valence-electron chi connectivity index (χ2n) is 5.94. The van der Waals surface area contributed by atoms with Crippen LogP contribution in [0, 0.1) is 6.92 Å². The SMILES string of the molecule is CC(=Cc1ccc(OCc2ccccc2)cc1)Cn1ccnc1C. The summed E-state index contributed by atoms with van der Waals surface area (Å²) in [5.74, 6) is 1.92. The number of ether oxygens (including phenoxy) is 1. The van der Waals surface area contributed by atoms with E-state index in [0.29, 0.717) is 6.61 Å². The Hall–Kier alpha value is -2.81. The van der Waals surface area contributed by atoms with Crippen molar-refractivity contribution >= 4 is 6.08 Å². The van der Waals surface area contributed by atoms with Gasteiger partial charge in [0.25, 0.3) is 0 Å². The summed E-state index contributed by atoms with van der Waals surface area (Å²) < 4.78 is 7.96. The Labute approximate surface area is 143 Å². The number of aryl methyl sites for hydroxylation is 1. The van der Waals surface area contributed by atoms with E-state index in [-0.39, 0.29) is 0 Å². The van der Waals surface area contributed by atoms with E-state index < -0.39 is 0 Å². The third kappa shape index (κ3) is 4.35. The quantitative estimate of drug-likeness (QED) is 0.648. The van der Waals surface area contributed by atoms with E-state index in [1.807, 2.05) is 49.6 Å². The van der Waals surface area contributed by atoms with E-state index in [1.165, 1.54) is 16.7 Å². The first-order valence-electron chi connectivity index (χ1n) is 8.12. The van der Waals surface area contributed by atoms with Gasteiger partial charge in [-0.2, -0.15) is 0 Å². The van der Waals surface area contributed by atoms with Gasteiger partial charge in [-0.3, -0.25) is 0 Å². The van der Waals surface area contributed by atoms with Gasteiger partial charge in [0.2, 0.25) is 0 Å². The van der Waals surface area contributed by atoms with Crippen molar-refractivity contribution in [3.05, 3.63) is 89.5 Å². The summed E-state index contributed by atoms with van der Waals surface area (Å²) >= 11 is 0. The molecule has 3 rings (SSSR count). The number of hydrogen-bond acceptors (Lipinski definition) is 2. The second kappa shape index (κ2) is 7.64. The van der Waals surface area contributed by atoms with Crippen LogP contribution in [0.5, 0.6) is 5.75 Å². The third-order valence-electron chi connectivity index (χ3n) is 3.88. The van der Waals surface area contributed by atoms with Crippen LogP contribution < -0.4 is 4.74 Å². The standard InChI is InChI=1S/C21H22N2O/c1-17(15-23-13-12-22-18(23)2)14-19-8-10-21(11-9-19)24-16-20-6-4-3-5-7-20/h3-14H,15-16H2,1-2H3. The number of hydrogen-bond donors (Lipinski definition) is 0. The zero-order valence-electron chi connectivity index (χ0n) is 14.1. The van der Waals surface area contributed by atoms with Crippen LogP contribution in [0.25, 0.3) is 6.08 Å². The molecule has 1 heterocycles. The lowest BCUT2D eigenvalue weighted by Gasteiger charge is -2.08. The van der Waals surface area contributed by atoms with Crippen molar-refractivity contribution in [3.8, 4) is 5.75 Å². The second-order valence-corrected chi connectivity index (χ2v) is 5.94. The monoisotopic (exact) mass is 318 g/mol. The smallest absolute Gasteiger partial charge is 0.119 e. The van der Waals surface area contributed by atoms with E-state index in [9.17, 15) is 0 Å². The molecule has 0 aliphatic rings. The molecule has 0 saturated carbocycles. The molecule has 0 spiro atoms. The first-order chi connectivity index (χ1) is 11.7. The van der Waals surface area contributed by atoms with Gasteiger partial charge in [-0.25, -0.2) is 4.98 Å². The van der Waals surface area contributed by atoms with Crippen LogP contribution >= 0.6 is 0 Å². The van der Waals surface area contributed by atoms with E-state index >= 15 is 0 Å². The molecule has 0 unspecified atom stereocenters. The molecule has 0 aliphatic carbocycles. The largest absolute Gasteiger partial charge is 0.489 e. The molecule has 3 heteroatoms. The Morgan fingerprint density at radius 2 is 1.83 bits per heavy atom. The van der Waals surface area contributed by atoms with Crippen LogP contribution in [0.2, 0.25) is 0 Å². The Kier molecular flexibility index (Phi) is 5.12. The van der Waals surface area contributed by atoms with Crippen molar-refractivity contribution in [3.63, 3.8) is 0 Å². The molecule has 0 amide bonds. The van der Waals surface area contributed by atoms with Crippen LogP contribution in [-0.2, 0) is 13.2 Å². The summed E-state index contributed by atoms with van der Waals surface area (Å²) in [6.07, 6.45) is 6.04. The maximum Gasteiger partial charge on any atom is 0.119 e. The van der Waals surface area contributed by atoms with Gasteiger partial charge in [0.1, 0.15) is 18.2 Å². The van der Waals surface area contributed by atoms with E-state index in [2.05, 4.69) is 46.8 Å². The lowest BCUT2D eigenvalue weighted by molar-refractivity contribution is 0.306. The highest BCUT2D eigenvalue weighted by Gasteiger charge is 1.99. The third-order valence-corrected chi connectivity index (χ3v) is 3.88. The molecular weight excluding hydrogens is 296 g/mol. The van der Waals surface area contributed by atoms with Crippen LogP contribution in [0.15, 0.2) is 72.6 Å². The van der Waals surface area contributed by atoms with E-state index in [1.54, 1.807) is 0 Å². The first-order valence-corrected chi connectivity index (χ1v) is 8.12. The molecule has 0 bridgehead atoms. The minimum atomic E-state index is 0.592. The minimum absolute atomic E-state index is 0.592. The van der Waals surface area contributed by atoms with Gasteiger partial charge in [-0.15, -0.1) is 0 Å². The molecule has 3 nitrogen and oxygen atoms in total. The van der Waals surface area contributed by atoms with Crippen LogP contribution in [0.1, 0.15) is 23.9 Å². The highest BCUT2D eigenvalue weighted by Crippen LogP contribution is 2.16. The molecule has 2 aromatic carbocycles. The number of imidazole rings is 1. The summed E-state index contributed by atoms with van der Waals surface area (Å²) in [6.45, 7) is 5.61. The van der Waals surface area contributed by atoms with Crippen LogP contribution in [0.3, 0.4) is 0 Å². The van der Waals surface area contributed by atoms with Crippen molar-refractivity contribution in [2.45, 2.75) is 27.0 Å². The highest BCUT2D eigenvalue weighted by atomic mass is 16.5. The fraction of sp³-hybridized carbons (Fsp3) is 0.190. The van der Waals surface area contributed by atoms with Gasteiger partial charge in [-0.05, 0) is 37.1 Å². The normalized spacial score (nSPS) is 11.5. The van der Waals surface area contributed by atoms with E-state index in [4.69, 9.17) is 4.74 Å². The zero-order chi connectivity index (χ0) is 16.8. The Balaban J connectivity index is 1.59. The summed E-state index contributed by atoms with van der Waals surface area (Å²) in [4.78, 5) is 4.25. The summed E-state index contributed by atoms with van der Waals surface area (Å²) in [7, 11) is 0. The number of benzene rings is 2. The van der Waals surface area contributed by atoms with Crippen molar-refractivity contribution < 1.29 is 4.74 Å². The molecule has 0 saturated heterocycles. The van der Waals surface area contributed by atoms with Gasteiger partial charge < -0.3 is 9.30 Å². The van der Waals surface area contributed by atoms with E-state index in [0.717, 1.165) is 18.1 Å². The number of aromatic nitrogens is 2. The lowest BCUT2D eigenvalue weighted by atomic mass is 10.1. The molecule has 3 aromatic rings. The number of allylic oxidation sites excluding steroid dienone is 1. The number of nitrogens with zero attached hydrogens (tertiary/aromatic N) is 2. The van der Waals surface area contributed by atoms with Gasteiger partial charge in [0.15, 0.2) is 0 Å². The van der Waals surface area contributed by atoms with Crippen molar-refractivity contribution in [1.82, 2.24) is 9.55 Å². The predicted octanol–water partition coefficient (Wildman–Crippen LogP) is 4.87. The van der Waals surface area contributed by atoms with Crippen LogP contribution in [0.4, 0.5) is 0 Å². The topological polar surface area (TPSA) is 27.1 Å². The van der Waals surface area contributed by atoms with Crippen LogP contribution in [-0.4, -0.2) is 9.55 Å². The van der Waals surface area contributed by atoms with Gasteiger partial charge in [0.05, 0.1) is 0 Å². The predicted molar refractivity (Wildman–Crippen MR) is 97.8 cm³/mol. The minimum Gasteiger partial charge on any atom is -0.489 e. The molecule has 0 N–H and O–H groups in total. The van der Waals surface area contributed by atoms with Gasteiger partial charge >= 0.3 is 0 Å². The maximum atomic E-state index is 5.82. The highest BCUT2D eigenvalue weighted by molar-refractivity contribution is 5.53. The van der Waals surface area contributed by atoms with Crippen molar-refractivity contribution in [2.75, 3.05) is 0 Å². The van der Waals surface area contributed by atoms with Gasteiger partial charge in [-0.1, -0.05) is 54.1 Å². The summed E-state index contributed by atoms with van der Waals surface area (Å²) in [6, 6.07) is 18.4. The molecule has 24 heavy (non-hydrogen) atoms. The maximum absolute atomic E-state index is 5.82. The fourth-order valence-electron chi connectivity index (χ4n) is 2.57. The van der Waals surface area contributed by atoms with Crippen molar-refractivity contribution in [2.24, 2.45) is 0 Å². The lowest BCUT2D eigenvalue weighted by Crippen LogP contribution is -2.00. The Morgan fingerprint density at radius 1 is 1.08 bits per heavy atom. The molecule has 122 valence electrons. The number of rotatable bonds is 6. The molecule has 0 aliphatic heterocycles. The average molecular weight is 318 g/mol. The molecular formula is C21H22N2O. The summed E-state index contributed by atoms with van der Waals surface area (Å²) in [5.41, 5.74) is 3.64. The molecule has 0 radical (unpaired) electrons.